The molecule has 0 bridgehead atoms. The largest absolute Gasteiger partial charge is 0.396 e. The molecule has 1 aromatic heterocycles. The minimum absolute atomic E-state index is 0.181. The standard InChI is InChI=1S/C17H24N2O/c1-2-17(10-6-12-20)9-5-11-18-15-13-7-3-4-8-14(13)19-16(15)17/h3-4,7-8,18-20H,2,5-6,9-12H2,1H3/t17-/m1/s1. The highest BCUT2D eigenvalue weighted by atomic mass is 16.2. The summed E-state index contributed by atoms with van der Waals surface area (Å²) in [5.41, 5.74) is 4.04. The number of anilines is 1. The van der Waals surface area contributed by atoms with Gasteiger partial charge in [0.25, 0.3) is 0 Å². The van der Waals surface area contributed by atoms with Crippen LogP contribution in [-0.2, 0) is 5.41 Å². The van der Waals surface area contributed by atoms with E-state index in [0.29, 0.717) is 0 Å². The Morgan fingerprint density at radius 1 is 1.30 bits per heavy atom. The highest BCUT2D eigenvalue weighted by Crippen LogP contribution is 2.45. The van der Waals surface area contributed by atoms with E-state index in [2.05, 4.69) is 41.5 Å². The molecule has 2 aromatic rings. The van der Waals surface area contributed by atoms with E-state index >= 15 is 0 Å². The topological polar surface area (TPSA) is 48.0 Å². The maximum Gasteiger partial charge on any atom is 0.0637 e. The van der Waals surface area contributed by atoms with E-state index in [1.54, 1.807) is 0 Å². The molecule has 0 spiro atoms. The molecular weight excluding hydrogens is 248 g/mol. The molecule has 3 nitrogen and oxygen atoms in total. The molecule has 3 N–H and O–H groups in total. The quantitative estimate of drug-likeness (QED) is 0.793. The van der Waals surface area contributed by atoms with Crippen LogP contribution in [0, 0.1) is 0 Å². The van der Waals surface area contributed by atoms with E-state index in [-0.39, 0.29) is 12.0 Å². The van der Waals surface area contributed by atoms with Crippen LogP contribution in [0.2, 0.25) is 0 Å². The van der Waals surface area contributed by atoms with E-state index in [1.807, 2.05) is 0 Å². The predicted octanol–water partition coefficient (Wildman–Crippen LogP) is 3.79. The highest BCUT2D eigenvalue weighted by Gasteiger charge is 2.35. The van der Waals surface area contributed by atoms with Crippen molar-refractivity contribution in [2.24, 2.45) is 0 Å². The van der Waals surface area contributed by atoms with Crippen molar-refractivity contribution in [1.29, 1.82) is 0 Å². The second kappa shape index (κ2) is 5.49. The fraction of sp³-hybridized carbons (Fsp3) is 0.529. The number of hydrogen-bond acceptors (Lipinski definition) is 2. The van der Waals surface area contributed by atoms with Crippen LogP contribution in [0.25, 0.3) is 10.9 Å². The van der Waals surface area contributed by atoms with Crippen molar-refractivity contribution in [3.8, 4) is 0 Å². The molecule has 108 valence electrons. The molecule has 0 amide bonds. The zero-order valence-electron chi connectivity index (χ0n) is 12.2. The number of aliphatic hydroxyl groups is 1. The summed E-state index contributed by atoms with van der Waals surface area (Å²) < 4.78 is 0. The molecule has 0 unspecified atom stereocenters. The molecule has 0 saturated carbocycles. The molecule has 3 heteroatoms. The zero-order valence-corrected chi connectivity index (χ0v) is 12.2. The molecule has 0 radical (unpaired) electrons. The van der Waals surface area contributed by atoms with Gasteiger partial charge in [0.1, 0.15) is 0 Å². The first-order valence-electron chi connectivity index (χ1n) is 7.76. The number of para-hydroxylation sites is 1. The monoisotopic (exact) mass is 272 g/mol. The Morgan fingerprint density at radius 3 is 2.95 bits per heavy atom. The lowest BCUT2D eigenvalue weighted by Crippen LogP contribution is -2.26. The average molecular weight is 272 g/mol. The Bertz CT molecular complexity index is 590. The van der Waals surface area contributed by atoms with Gasteiger partial charge in [0, 0.05) is 35.2 Å². The van der Waals surface area contributed by atoms with Crippen molar-refractivity contribution < 1.29 is 5.11 Å². The van der Waals surface area contributed by atoms with Crippen molar-refractivity contribution >= 4 is 16.6 Å². The summed E-state index contributed by atoms with van der Waals surface area (Å²) in [6.45, 7) is 3.60. The van der Waals surface area contributed by atoms with Gasteiger partial charge in [0.2, 0.25) is 0 Å². The minimum Gasteiger partial charge on any atom is -0.396 e. The first kappa shape index (κ1) is 13.5. The van der Waals surface area contributed by atoms with Gasteiger partial charge >= 0.3 is 0 Å². The SMILES string of the molecule is CC[C@]1(CCCO)CCCNc2c1[nH]c1ccccc21. The van der Waals surface area contributed by atoms with Crippen molar-refractivity contribution in [2.45, 2.75) is 44.4 Å². The summed E-state index contributed by atoms with van der Waals surface area (Å²) >= 11 is 0. The van der Waals surface area contributed by atoms with Gasteiger partial charge in [-0.1, -0.05) is 25.1 Å². The van der Waals surface area contributed by atoms with Crippen LogP contribution < -0.4 is 5.32 Å². The van der Waals surface area contributed by atoms with Crippen LogP contribution in [0.1, 0.15) is 44.7 Å². The summed E-state index contributed by atoms with van der Waals surface area (Å²) in [6, 6.07) is 8.53. The van der Waals surface area contributed by atoms with Crippen molar-refractivity contribution in [3.05, 3.63) is 30.0 Å². The van der Waals surface area contributed by atoms with Crippen LogP contribution >= 0.6 is 0 Å². The fourth-order valence-electron chi connectivity index (χ4n) is 3.69. The Balaban J connectivity index is 2.14. The normalized spacial score (nSPS) is 22.3. The molecule has 0 saturated heterocycles. The average Bonchev–Trinajstić information content (AvgIpc) is 2.77. The third-order valence-electron chi connectivity index (χ3n) is 4.86. The van der Waals surface area contributed by atoms with Gasteiger partial charge in [0.05, 0.1) is 5.69 Å². The molecule has 0 aliphatic carbocycles. The minimum atomic E-state index is 0.181. The second-order valence-electron chi connectivity index (χ2n) is 5.91. The number of aliphatic hydroxyl groups excluding tert-OH is 1. The van der Waals surface area contributed by atoms with E-state index < -0.39 is 0 Å². The Kier molecular flexibility index (Phi) is 3.70. The molecule has 1 aromatic carbocycles. The summed E-state index contributed by atoms with van der Waals surface area (Å²) in [6.07, 6.45) is 5.44. The molecule has 1 atom stereocenters. The maximum atomic E-state index is 9.24. The van der Waals surface area contributed by atoms with Gasteiger partial charge in [-0.15, -0.1) is 0 Å². The van der Waals surface area contributed by atoms with Crippen LogP contribution in [-0.4, -0.2) is 23.2 Å². The van der Waals surface area contributed by atoms with Gasteiger partial charge in [-0.25, -0.2) is 0 Å². The van der Waals surface area contributed by atoms with E-state index in [9.17, 15) is 5.11 Å². The van der Waals surface area contributed by atoms with Crippen LogP contribution in [0.4, 0.5) is 5.69 Å². The molecular formula is C17H24N2O. The highest BCUT2D eigenvalue weighted by molar-refractivity contribution is 5.95. The number of hydrogen-bond donors (Lipinski definition) is 3. The Labute approximate surface area is 120 Å². The molecule has 1 aliphatic rings. The first-order chi connectivity index (χ1) is 9.80. The van der Waals surface area contributed by atoms with Crippen LogP contribution in [0.15, 0.2) is 24.3 Å². The van der Waals surface area contributed by atoms with Gasteiger partial charge in [-0.2, -0.15) is 0 Å². The number of rotatable bonds is 4. The van der Waals surface area contributed by atoms with Gasteiger partial charge in [-0.3, -0.25) is 0 Å². The van der Waals surface area contributed by atoms with Crippen molar-refractivity contribution in [1.82, 2.24) is 4.98 Å². The fourth-order valence-corrected chi connectivity index (χ4v) is 3.69. The zero-order chi connectivity index (χ0) is 14.0. The number of aromatic amines is 1. The number of H-pyrrole nitrogens is 1. The number of aromatic nitrogens is 1. The smallest absolute Gasteiger partial charge is 0.0637 e. The van der Waals surface area contributed by atoms with Crippen LogP contribution in [0.5, 0.6) is 0 Å². The predicted molar refractivity (Wildman–Crippen MR) is 84.3 cm³/mol. The van der Waals surface area contributed by atoms with E-state index in [1.165, 1.54) is 35.1 Å². The Hall–Kier alpha value is -1.48. The Morgan fingerprint density at radius 2 is 2.15 bits per heavy atom. The summed E-state index contributed by atoms with van der Waals surface area (Å²) in [5, 5.41) is 14.2. The molecule has 2 heterocycles. The summed E-state index contributed by atoms with van der Waals surface area (Å²) in [7, 11) is 0. The van der Waals surface area contributed by atoms with Gasteiger partial charge < -0.3 is 15.4 Å². The van der Waals surface area contributed by atoms with E-state index in [0.717, 1.165) is 25.8 Å². The first-order valence-corrected chi connectivity index (χ1v) is 7.76. The summed E-state index contributed by atoms with van der Waals surface area (Å²) in [5.74, 6) is 0. The number of nitrogens with one attached hydrogen (secondary N) is 2. The maximum absolute atomic E-state index is 9.24. The lowest BCUT2D eigenvalue weighted by Gasteiger charge is -2.31. The summed E-state index contributed by atoms with van der Waals surface area (Å²) in [4.78, 5) is 3.66. The number of benzene rings is 1. The van der Waals surface area contributed by atoms with Gasteiger partial charge in [0.15, 0.2) is 0 Å². The lowest BCUT2D eigenvalue weighted by molar-refractivity contribution is 0.248. The second-order valence-corrected chi connectivity index (χ2v) is 5.91. The lowest BCUT2D eigenvalue weighted by atomic mass is 9.74. The molecule has 1 aliphatic heterocycles. The van der Waals surface area contributed by atoms with Gasteiger partial charge in [-0.05, 0) is 38.2 Å². The van der Waals surface area contributed by atoms with Crippen LogP contribution in [0.3, 0.4) is 0 Å². The molecule has 3 rings (SSSR count). The van der Waals surface area contributed by atoms with E-state index in [4.69, 9.17) is 0 Å². The van der Waals surface area contributed by atoms with Crippen molar-refractivity contribution in [2.75, 3.05) is 18.5 Å². The molecule has 20 heavy (non-hydrogen) atoms. The third kappa shape index (κ3) is 2.10. The van der Waals surface area contributed by atoms with Crippen molar-refractivity contribution in [3.63, 3.8) is 0 Å². The number of fused-ring (bicyclic) bond motifs is 3. The third-order valence-corrected chi connectivity index (χ3v) is 4.86. The molecule has 0 fully saturated rings.